The quantitative estimate of drug-likeness (QED) is 0.0219. The first-order valence-electron chi connectivity index (χ1n) is 17.0. The average molecular weight is 643 g/mol. The number of allylic oxidation sites excluding steroid dienone is 7. The number of nitrogens with zero attached hydrogens (tertiary/aromatic N) is 2. The lowest BCUT2D eigenvalue weighted by Gasteiger charge is -2.30. The van der Waals surface area contributed by atoms with Gasteiger partial charge in [-0.15, -0.1) is 0 Å². The van der Waals surface area contributed by atoms with E-state index in [1.165, 1.54) is 16.3 Å². The van der Waals surface area contributed by atoms with Gasteiger partial charge in [-0.1, -0.05) is 107 Å². The fraction of sp³-hybridized carbons (Fsp3) is 0.622. The molecule has 0 heterocycles. The summed E-state index contributed by atoms with van der Waals surface area (Å²) in [7, 11) is 1.77. The lowest BCUT2D eigenvalue weighted by atomic mass is 10.1. The molecule has 0 saturated carbocycles. The number of hydroxylamine groups is 3. The standard InChI is InChI=1S/C37H67N6OP/c1-11-20-36(25-19-27-41-33(7)30-43(28-13-3)44-39-9)23-17-16-22-35(15-5)24-18-21-32(6)42-37(29-40-26-12-2)45(10,31-38)34(8)14-4/h15,18-19,23-25,32,39-40,42H,8,11-14,17,20-21,26-31,38H2,1-7,9-10H3/b24-18-,25-19-,35-15-,36-23+,41-33+. The van der Waals surface area contributed by atoms with Gasteiger partial charge in [0, 0.05) is 55.6 Å². The summed E-state index contributed by atoms with van der Waals surface area (Å²) < 4.78 is 0. The minimum Gasteiger partial charge on any atom is -0.326 e. The number of rotatable bonds is 24. The van der Waals surface area contributed by atoms with Crippen LogP contribution in [0.5, 0.6) is 0 Å². The molecule has 0 radical (unpaired) electrons. The summed E-state index contributed by atoms with van der Waals surface area (Å²) in [5, 5.41) is 10.6. The molecule has 2 atom stereocenters. The van der Waals surface area contributed by atoms with Crippen LogP contribution >= 0.6 is 6.89 Å². The minimum absolute atomic E-state index is 0.290. The molecule has 0 rings (SSSR count). The van der Waals surface area contributed by atoms with Crippen molar-refractivity contribution in [3.8, 4) is 11.8 Å². The van der Waals surface area contributed by atoms with Gasteiger partial charge in [-0.25, -0.2) is 4.94 Å². The lowest BCUT2D eigenvalue weighted by molar-refractivity contribution is -0.194. The monoisotopic (exact) mass is 643 g/mol. The summed E-state index contributed by atoms with van der Waals surface area (Å²) in [5.41, 5.74) is 13.8. The predicted octanol–water partition coefficient (Wildman–Crippen LogP) is 7.39. The maximum atomic E-state index is 6.33. The summed E-state index contributed by atoms with van der Waals surface area (Å²) in [6.07, 6.45) is 20.5. The van der Waals surface area contributed by atoms with Crippen LogP contribution in [0.4, 0.5) is 0 Å². The highest BCUT2D eigenvalue weighted by atomic mass is 31.2. The van der Waals surface area contributed by atoms with E-state index in [2.05, 4.69) is 117 Å². The Labute approximate surface area is 277 Å². The van der Waals surface area contributed by atoms with Gasteiger partial charge in [-0.05, 0) is 66.1 Å². The van der Waals surface area contributed by atoms with E-state index in [9.17, 15) is 0 Å². The molecule has 2 unspecified atom stereocenters. The highest BCUT2D eigenvalue weighted by Crippen LogP contribution is 2.51. The Hall–Kier alpha value is -2.01. The van der Waals surface area contributed by atoms with Crippen molar-refractivity contribution in [1.29, 1.82) is 0 Å². The second kappa shape index (κ2) is 27.1. The first-order valence-corrected chi connectivity index (χ1v) is 19.4. The van der Waals surface area contributed by atoms with Crippen LogP contribution in [-0.4, -0.2) is 75.0 Å². The largest absolute Gasteiger partial charge is 0.326 e. The fourth-order valence-electron chi connectivity index (χ4n) is 4.61. The zero-order valence-electron chi connectivity index (χ0n) is 30.3. The van der Waals surface area contributed by atoms with Crippen LogP contribution in [0.1, 0.15) is 93.4 Å². The molecule has 5 N–H and O–H groups in total. The molecule has 0 aliphatic heterocycles. The Morgan fingerprint density at radius 2 is 1.89 bits per heavy atom. The number of hydrogen-bond acceptors (Lipinski definition) is 6. The molecule has 8 heteroatoms. The molecule has 0 amide bonds. The van der Waals surface area contributed by atoms with Crippen LogP contribution in [0.25, 0.3) is 0 Å². The molecule has 0 bridgehead atoms. The van der Waals surface area contributed by atoms with Crippen LogP contribution < -0.4 is 21.8 Å². The van der Waals surface area contributed by atoms with Crippen LogP contribution in [0.15, 0.2) is 64.5 Å². The Kier molecular flexibility index (Phi) is 25.9. The Morgan fingerprint density at radius 1 is 1.13 bits per heavy atom. The number of hydrogen-bond donors (Lipinski definition) is 4. The zero-order chi connectivity index (χ0) is 33.9. The van der Waals surface area contributed by atoms with Gasteiger partial charge in [0.15, 0.2) is 0 Å². The number of aliphatic imine (C=N–C) groups is 1. The predicted molar refractivity (Wildman–Crippen MR) is 204 cm³/mol. The van der Waals surface area contributed by atoms with E-state index in [1.54, 1.807) is 7.05 Å². The van der Waals surface area contributed by atoms with Crippen molar-refractivity contribution in [3.63, 3.8) is 0 Å². The zero-order valence-corrected chi connectivity index (χ0v) is 31.2. The molecule has 256 valence electrons. The van der Waals surface area contributed by atoms with Crippen LogP contribution in [-0.2, 0) is 4.94 Å². The normalized spacial score (nSPS) is 15.0. The van der Waals surface area contributed by atoms with Gasteiger partial charge < -0.3 is 11.1 Å². The van der Waals surface area contributed by atoms with Crippen molar-refractivity contribution in [2.24, 2.45) is 10.7 Å². The van der Waals surface area contributed by atoms with Gasteiger partial charge in [-0.2, -0.15) is 10.5 Å². The van der Waals surface area contributed by atoms with Crippen molar-refractivity contribution in [3.05, 3.63) is 59.5 Å². The highest BCUT2D eigenvalue weighted by Gasteiger charge is 2.20. The first kappa shape index (κ1) is 43.0. The second-order valence-corrected chi connectivity index (χ2v) is 15.4. The SMILES string of the molecule is C=C(CC)P(C)(CN)=C(CNCCC)NC(C)C/C=C\C(C#CC/C=C(/C=C\C/N=C(\C)CN(CCC)ONC)CCC)=C/C. The summed E-state index contributed by atoms with van der Waals surface area (Å²) in [5.74, 6) is 6.69. The van der Waals surface area contributed by atoms with Gasteiger partial charge in [0.25, 0.3) is 0 Å². The topological polar surface area (TPSA) is 86.9 Å². The molecular weight excluding hydrogens is 575 g/mol. The number of nitrogens with one attached hydrogen (secondary N) is 3. The van der Waals surface area contributed by atoms with Gasteiger partial charge in [0.05, 0.1) is 13.1 Å². The summed E-state index contributed by atoms with van der Waals surface area (Å²) in [6, 6.07) is 0.290. The van der Waals surface area contributed by atoms with Crippen molar-refractivity contribution < 1.29 is 4.94 Å². The van der Waals surface area contributed by atoms with Crippen LogP contribution in [0, 0.1) is 11.8 Å². The van der Waals surface area contributed by atoms with E-state index in [1.807, 2.05) is 18.9 Å². The third-order valence-corrected chi connectivity index (χ3v) is 11.4. The maximum absolute atomic E-state index is 6.33. The van der Waals surface area contributed by atoms with E-state index in [4.69, 9.17) is 10.7 Å². The van der Waals surface area contributed by atoms with E-state index in [0.29, 0.717) is 19.4 Å². The smallest absolute Gasteiger partial charge is 0.0636 e. The lowest BCUT2D eigenvalue weighted by Crippen LogP contribution is -2.40. The molecule has 0 aliphatic carbocycles. The Balaban J connectivity index is 5.26. The second-order valence-electron chi connectivity index (χ2n) is 11.5. The molecule has 0 spiro atoms. The first-order chi connectivity index (χ1) is 21.6. The number of nitrogens with two attached hydrogens (primary N) is 1. The van der Waals surface area contributed by atoms with E-state index in [-0.39, 0.29) is 6.04 Å². The summed E-state index contributed by atoms with van der Waals surface area (Å²) in [4.78, 5) is 10.1. The van der Waals surface area contributed by atoms with Gasteiger partial charge in [0.2, 0.25) is 0 Å². The van der Waals surface area contributed by atoms with E-state index < -0.39 is 6.89 Å². The van der Waals surface area contributed by atoms with Gasteiger partial charge >= 0.3 is 0 Å². The van der Waals surface area contributed by atoms with Gasteiger partial charge in [0.1, 0.15) is 0 Å². The summed E-state index contributed by atoms with van der Waals surface area (Å²) >= 11 is 0. The van der Waals surface area contributed by atoms with Gasteiger partial charge in [-0.3, -0.25) is 10.3 Å². The molecule has 0 aliphatic rings. The fourth-order valence-corrected chi connectivity index (χ4v) is 7.14. The van der Waals surface area contributed by atoms with E-state index >= 15 is 0 Å². The molecule has 0 aromatic heterocycles. The van der Waals surface area contributed by atoms with Crippen molar-refractivity contribution in [2.45, 2.75) is 99.5 Å². The maximum Gasteiger partial charge on any atom is 0.0636 e. The molecule has 45 heavy (non-hydrogen) atoms. The summed E-state index contributed by atoms with van der Waals surface area (Å²) in [6.45, 7) is 24.2. The third kappa shape index (κ3) is 19.3. The molecule has 0 saturated heterocycles. The molecular formula is C37H67N6OP. The van der Waals surface area contributed by atoms with Crippen LogP contribution in [0.3, 0.4) is 0 Å². The minimum atomic E-state index is -1.61. The van der Waals surface area contributed by atoms with Crippen molar-refractivity contribution in [1.82, 2.24) is 21.2 Å². The van der Waals surface area contributed by atoms with Crippen LogP contribution in [0.2, 0.25) is 0 Å². The third-order valence-electron chi connectivity index (χ3n) is 7.43. The average Bonchev–Trinajstić information content (AvgIpc) is 3.03. The Bertz CT molecular complexity index is 1100. The molecule has 0 aromatic rings. The van der Waals surface area contributed by atoms with Crippen molar-refractivity contribution in [2.75, 3.05) is 52.7 Å². The molecule has 0 fully saturated rings. The Morgan fingerprint density at radius 3 is 2.49 bits per heavy atom. The molecule has 0 aromatic carbocycles. The van der Waals surface area contributed by atoms with Crippen molar-refractivity contribution >= 4 is 18.0 Å². The molecule has 7 nitrogen and oxygen atoms in total. The highest BCUT2D eigenvalue weighted by molar-refractivity contribution is 7.79. The van der Waals surface area contributed by atoms with E-state index in [0.717, 1.165) is 75.9 Å².